The second-order valence-corrected chi connectivity index (χ2v) is 12.0. The van der Waals surface area contributed by atoms with Crippen molar-refractivity contribution in [1.29, 1.82) is 0 Å². The van der Waals surface area contributed by atoms with Gasteiger partial charge in [-0.15, -0.1) is 0 Å². The molecule has 0 amide bonds. The molecule has 3 heterocycles. The summed E-state index contributed by atoms with van der Waals surface area (Å²) in [6, 6.07) is 7.28. The zero-order valence-corrected chi connectivity index (χ0v) is 26.6. The molecule has 3 aromatic rings. The van der Waals surface area contributed by atoms with Crippen molar-refractivity contribution in [2.24, 2.45) is 0 Å². The predicted octanol–water partition coefficient (Wildman–Crippen LogP) is 0.419. The van der Waals surface area contributed by atoms with E-state index in [0.29, 0.717) is 5.75 Å². The van der Waals surface area contributed by atoms with Gasteiger partial charge >= 0.3 is 0 Å². The third-order valence-electron chi connectivity index (χ3n) is 8.41. The lowest BCUT2D eigenvalue weighted by molar-refractivity contribution is -0.354. The normalized spacial score (nSPS) is 30.6. The Morgan fingerprint density at radius 1 is 0.896 bits per heavy atom. The van der Waals surface area contributed by atoms with E-state index < -0.39 is 84.9 Å². The van der Waals surface area contributed by atoms with E-state index in [1.165, 1.54) is 14.0 Å². The fourth-order valence-corrected chi connectivity index (χ4v) is 5.61. The first-order chi connectivity index (χ1) is 22.8. The Kier molecular flexibility index (Phi) is 10.6. The standard InChI is InChI=1S/C33H40O15/c1-13(2)5-10-17-18(35)11-19(36)21-24(39)30(28(46-29(17)21)15-6-8-16(43-4)9-7-15)47-33-31(26(41)23(38)20(12-34)45-33)48-32-27(42)25(40)22(37)14(3)44-32/h5-9,11,14,20,22-23,25-27,31-38,40-42H,10,12H2,1-4H3/t14-,20+,22-,23+,25+,26-,27-,31-,32+,33+/m1/s1. The summed E-state index contributed by atoms with van der Waals surface area (Å²) in [6.07, 6.45) is -14.4. The van der Waals surface area contributed by atoms with Gasteiger partial charge in [0, 0.05) is 17.2 Å². The number of aliphatic hydroxyl groups excluding tert-OH is 6. The fourth-order valence-electron chi connectivity index (χ4n) is 5.61. The highest BCUT2D eigenvalue weighted by Crippen LogP contribution is 2.41. The molecular weight excluding hydrogens is 636 g/mol. The van der Waals surface area contributed by atoms with E-state index >= 15 is 0 Å². The number of rotatable bonds is 9. The molecule has 10 atom stereocenters. The predicted molar refractivity (Wildman–Crippen MR) is 167 cm³/mol. The minimum atomic E-state index is -1.87. The summed E-state index contributed by atoms with van der Waals surface area (Å²) in [6.45, 7) is 4.31. The molecular formula is C33H40O15. The molecule has 262 valence electrons. The number of aromatic hydroxyl groups is 2. The Morgan fingerprint density at radius 2 is 1.58 bits per heavy atom. The first kappa shape index (κ1) is 35.5. The maximum Gasteiger partial charge on any atom is 0.239 e. The van der Waals surface area contributed by atoms with Crippen molar-refractivity contribution in [3.05, 3.63) is 57.8 Å². The van der Waals surface area contributed by atoms with Crippen LogP contribution in [-0.4, -0.2) is 116 Å². The van der Waals surface area contributed by atoms with Crippen LogP contribution in [0, 0.1) is 0 Å². The topological polar surface area (TPSA) is 238 Å². The van der Waals surface area contributed by atoms with E-state index in [2.05, 4.69) is 0 Å². The Bertz CT molecular complexity index is 1680. The highest BCUT2D eigenvalue weighted by atomic mass is 16.8. The second kappa shape index (κ2) is 14.4. The maximum absolute atomic E-state index is 14.3. The summed E-state index contributed by atoms with van der Waals surface area (Å²) in [4.78, 5) is 14.3. The van der Waals surface area contributed by atoms with Crippen LogP contribution in [0.1, 0.15) is 26.3 Å². The maximum atomic E-state index is 14.3. The number of benzene rings is 2. The molecule has 0 saturated carbocycles. The molecule has 5 rings (SSSR count). The molecule has 0 unspecified atom stereocenters. The first-order valence-corrected chi connectivity index (χ1v) is 15.2. The third-order valence-corrected chi connectivity index (χ3v) is 8.41. The van der Waals surface area contributed by atoms with E-state index in [9.17, 15) is 45.6 Å². The number of hydrogen-bond donors (Lipinski definition) is 8. The SMILES string of the molecule is COc1ccc(-c2oc3c(CC=C(C)C)c(O)cc(O)c3c(=O)c2O[C@@H]2O[C@@H](CO)[C@H](O)[C@@H](O)[C@H]2O[C@@H]2O[C@H](C)[C@@H](O)[C@H](O)[C@H]2O)cc1. The summed E-state index contributed by atoms with van der Waals surface area (Å²) in [5.74, 6) is -1.21. The average Bonchev–Trinajstić information content (AvgIpc) is 3.06. The molecule has 0 aliphatic carbocycles. The van der Waals surface area contributed by atoms with Gasteiger partial charge in [-0.3, -0.25) is 4.79 Å². The van der Waals surface area contributed by atoms with Crippen molar-refractivity contribution in [2.75, 3.05) is 13.7 Å². The minimum absolute atomic E-state index is 0.130. The van der Waals surface area contributed by atoms with Gasteiger partial charge in [0.25, 0.3) is 0 Å². The van der Waals surface area contributed by atoms with Crippen molar-refractivity contribution < 1.29 is 69.0 Å². The lowest BCUT2D eigenvalue weighted by atomic mass is 9.97. The van der Waals surface area contributed by atoms with E-state index in [1.807, 2.05) is 13.8 Å². The molecule has 8 N–H and O–H groups in total. The molecule has 48 heavy (non-hydrogen) atoms. The Hall–Kier alpha value is -3.77. The van der Waals surface area contributed by atoms with Gasteiger partial charge in [0.15, 0.2) is 18.2 Å². The largest absolute Gasteiger partial charge is 0.507 e. The molecule has 1 aromatic heterocycles. The van der Waals surface area contributed by atoms with Gasteiger partial charge in [0.1, 0.15) is 64.8 Å². The van der Waals surface area contributed by atoms with Crippen molar-refractivity contribution >= 4 is 11.0 Å². The summed E-state index contributed by atoms with van der Waals surface area (Å²) in [7, 11) is 1.46. The molecule has 0 bridgehead atoms. The van der Waals surface area contributed by atoms with E-state index in [-0.39, 0.29) is 40.0 Å². The van der Waals surface area contributed by atoms with Crippen molar-refractivity contribution in [3.8, 4) is 34.3 Å². The van der Waals surface area contributed by atoms with Gasteiger partial charge in [-0.1, -0.05) is 11.6 Å². The zero-order chi connectivity index (χ0) is 35.0. The molecule has 2 aliphatic rings. The smallest absolute Gasteiger partial charge is 0.239 e. The Labute approximate surface area is 274 Å². The number of phenols is 2. The van der Waals surface area contributed by atoms with E-state index in [4.69, 9.17) is 28.1 Å². The Morgan fingerprint density at radius 3 is 2.21 bits per heavy atom. The van der Waals surface area contributed by atoms with Crippen LogP contribution in [0.15, 0.2) is 51.2 Å². The molecule has 2 aromatic carbocycles. The summed E-state index contributed by atoms with van der Waals surface area (Å²) < 4.78 is 34.6. The average molecular weight is 677 g/mol. The van der Waals surface area contributed by atoms with Crippen LogP contribution in [0.2, 0.25) is 0 Å². The quantitative estimate of drug-likeness (QED) is 0.143. The van der Waals surface area contributed by atoms with Gasteiger partial charge in [0.2, 0.25) is 17.5 Å². The fraction of sp³-hybridized carbons (Fsp3) is 0.485. The monoisotopic (exact) mass is 676 g/mol. The van der Waals surface area contributed by atoms with Crippen LogP contribution in [0.4, 0.5) is 0 Å². The van der Waals surface area contributed by atoms with Crippen LogP contribution < -0.4 is 14.9 Å². The van der Waals surface area contributed by atoms with Gasteiger partial charge in [-0.2, -0.15) is 0 Å². The highest BCUT2D eigenvalue weighted by molar-refractivity contribution is 5.91. The first-order valence-electron chi connectivity index (χ1n) is 15.2. The molecule has 15 nitrogen and oxygen atoms in total. The van der Waals surface area contributed by atoms with Crippen LogP contribution in [-0.2, 0) is 20.6 Å². The van der Waals surface area contributed by atoms with Gasteiger partial charge in [-0.05, 0) is 51.5 Å². The lowest BCUT2D eigenvalue weighted by Gasteiger charge is -2.45. The Balaban J connectivity index is 1.67. The number of ether oxygens (including phenoxy) is 5. The third kappa shape index (κ3) is 6.74. The van der Waals surface area contributed by atoms with Crippen molar-refractivity contribution in [2.45, 2.75) is 88.6 Å². The second-order valence-electron chi connectivity index (χ2n) is 12.0. The summed E-state index contributed by atoms with van der Waals surface area (Å²) >= 11 is 0. The molecule has 2 fully saturated rings. The minimum Gasteiger partial charge on any atom is -0.507 e. The number of allylic oxidation sites excluding steroid dienone is 2. The number of methoxy groups -OCH3 is 1. The van der Waals surface area contributed by atoms with Crippen LogP contribution in [0.25, 0.3) is 22.3 Å². The molecule has 15 heteroatoms. The van der Waals surface area contributed by atoms with Crippen molar-refractivity contribution in [3.63, 3.8) is 0 Å². The van der Waals surface area contributed by atoms with Gasteiger partial charge < -0.3 is 69.0 Å². The summed E-state index contributed by atoms with van der Waals surface area (Å²) in [5.41, 5.74) is 0.355. The lowest BCUT2D eigenvalue weighted by Crippen LogP contribution is -2.64. The zero-order valence-electron chi connectivity index (χ0n) is 26.6. The summed E-state index contributed by atoms with van der Waals surface area (Å²) in [5, 5.41) is 84.0. The van der Waals surface area contributed by atoms with Gasteiger partial charge in [-0.25, -0.2) is 0 Å². The van der Waals surface area contributed by atoms with E-state index in [0.717, 1.165) is 11.6 Å². The molecule has 0 spiro atoms. The number of phenolic OH excluding ortho intramolecular Hbond substituents is 2. The number of hydrogen-bond acceptors (Lipinski definition) is 15. The van der Waals surface area contributed by atoms with Crippen LogP contribution >= 0.6 is 0 Å². The molecule has 2 aliphatic heterocycles. The molecule has 2 saturated heterocycles. The van der Waals surface area contributed by atoms with E-state index in [1.54, 1.807) is 30.3 Å². The molecule has 0 radical (unpaired) electrons. The highest BCUT2D eigenvalue weighted by Gasteiger charge is 2.51. The van der Waals surface area contributed by atoms with Crippen molar-refractivity contribution in [1.82, 2.24) is 0 Å². The van der Waals surface area contributed by atoms with Crippen LogP contribution in [0.3, 0.4) is 0 Å². The number of fused-ring (bicyclic) bond motifs is 1. The van der Waals surface area contributed by atoms with Gasteiger partial charge in [0.05, 0.1) is 19.8 Å². The number of aliphatic hydroxyl groups is 6. The van der Waals surface area contributed by atoms with Crippen LogP contribution in [0.5, 0.6) is 23.0 Å².